The summed E-state index contributed by atoms with van der Waals surface area (Å²) in [5.74, 6) is -0.456. The first-order valence-electron chi connectivity index (χ1n) is 5.52. The Balaban J connectivity index is 2.41. The highest BCUT2D eigenvalue weighted by Crippen LogP contribution is 2.33. The van der Waals surface area contributed by atoms with E-state index in [1.807, 2.05) is 6.07 Å². The lowest BCUT2D eigenvalue weighted by atomic mass is 10.1. The number of benzene rings is 2. The lowest BCUT2D eigenvalue weighted by molar-refractivity contribution is 0.102. The number of azide groups is 1. The summed E-state index contributed by atoms with van der Waals surface area (Å²) in [4.78, 5) is 14.9. The summed E-state index contributed by atoms with van der Waals surface area (Å²) < 4.78 is 0. The Bertz CT molecular complexity index is 697. The zero-order valence-corrected chi connectivity index (χ0v) is 11.6. The molecule has 0 radical (unpaired) electrons. The van der Waals surface area contributed by atoms with Crippen molar-refractivity contribution in [2.75, 3.05) is 5.32 Å². The molecule has 2 rings (SSSR count). The van der Waals surface area contributed by atoms with Crippen molar-refractivity contribution in [1.29, 1.82) is 0 Å². The SMILES string of the molecule is [N-]=[N+]=Nc1c(Cl)cc(Cl)cc1C(=O)Nc1ccccc1. The number of anilines is 1. The van der Waals surface area contributed by atoms with Gasteiger partial charge in [0.25, 0.3) is 5.91 Å². The molecule has 0 atom stereocenters. The lowest BCUT2D eigenvalue weighted by Crippen LogP contribution is -2.12. The van der Waals surface area contributed by atoms with Crippen molar-refractivity contribution in [2.45, 2.75) is 0 Å². The van der Waals surface area contributed by atoms with Gasteiger partial charge in [-0.15, -0.1) is 0 Å². The molecule has 1 N–H and O–H groups in total. The highest BCUT2D eigenvalue weighted by Gasteiger charge is 2.15. The van der Waals surface area contributed by atoms with E-state index in [-0.39, 0.29) is 21.3 Å². The van der Waals surface area contributed by atoms with Crippen LogP contribution in [0.2, 0.25) is 10.0 Å². The van der Waals surface area contributed by atoms with Crippen LogP contribution in [0.15, 0.2) is 47.6 Å². The molecule has 0 saturated carbocycles. The number of hydrogen-bond acceptors (Lipinski definition) is 2. The van der Waals surface area contributed by atoms with Crippen LogP contribution in [-0.4, -0.2) is 5.91 Å². The van der Waals surface area contributed by atoms with Crippen molar-refractivity contribution in [3.63, 3.8) is 0 Å². The summed E-state index contributed by atoms with van der Waals surface area (Å²) in [6.07, 6.45) is 0. The van der Waals surface area contributed by atoms with E-state index in [1.165, 1.54) is 12.1 Å². The number of carbonyl (C=O) groups excluding carboxylic acids is 1. The van der Waals surface area contributed by atoms with E-state index in [4.69, 9.17) is 28.7 Å². The summed E-state index contributed by atoms with van der Waals surface area (Å²) in [7, 11) is 0. The van der Waals surface area contributed by atoms with E-state index in [0.717, 1.165) is 0 Å². The Kier molecular flexibility index (Phi) is 4.48. The third-order valence-corrected chi connectivity index (χ3v) is 2.96. The fraction of sp³-hybridized carbons (Fsp3) is 0. The van der Waals surface area contributed by atoms with Gasteiger partial charge in [0.05, 0.1) is 16.3 Å². The van der Waals surface area contributed by atoms with Crippen molar-refractivity contribution in [2.24, 2.45) is 5.11 Å². The minimum atomic E-state index is -0.456. The molecule has 0 saturated heterocycles. The van der Waals surface area contributed by atoms with E-state index in [1.54, 1.807) is 24.3 Å². The van der Waals surface area contributed by atoms with Crippen LogP contribution in [0.3, 0.4) is 0 Å². The number of para-hydroxylation sites is 1. The number of nitrogens with zero attached hydrogens (tertiary/aromatic N) is 3. The van der Waals surface area contributed by atoms with Crippen LogP contribution >= 0.6 is 23.2 Å². The van der Waals surface area contributed by atoms with E-state index in [9.17, 15) is 4.79 Å². The van der Waals surface area contributed by atoms with Gasteiger partial charge in [0.1, 0.15) is 0 Å². The van der Waals surface area contributed by atoms with E-state index in [0.29, 0.717) is 5.69 Å². The monoisotopic (exact) mass is 306 g/mol. The average Bonchev–Trinajstić information content (AvgIpc) is 2.42. The third kappa shape index (κ3) is 3.22. The molecule has 7 heteroatoms. The van der Waals surface area contributed by atoms with Crippen LogP contribution in [0.5, 0.6) is 0 Å². The van der Waals surface area contributed by atoms with Crippen LogP contribution in [0.4, 0.5) is 11.4 Å². The quantitative estimate of drug-likeness (QED) is 0.473. The van der Waals surface area contributed by atoms with E-state index >= 15 is 0 Å². The van der Waals surface area contributed by atoms with Crippen LogP contribution in [0.1, 0.15) is 10.4 Å². The minimum Gasteiger partial charge on any atom is -0.322 e. The third-order valence-electron chi connectivity index (χ3n) is 2.45. The van der Waals surface area contributed by atoms with Crippen LogP contribution in [0.25, 0.3) is 10.4 Å². The molecule has 0 unspecified atom stereocenters. The number of amides is 1. The number of carbonyl (C=O) groups is 1. The molecule has 5 nitrogen and oxygen atoms in total. The predicted octanol–water partition coefficient (Wildman–Crippen LogP) is 5.19. The molecule has 0 aliphatic heterocycles. The number of halogens is 2. The smallest absolute Gasteiger partial charge is 0.256 e. The standard InChI is InChI=1S/C13H8Cl2N4O/c14-8-6-10(12(18-19-16)11(15)7-8)13(20)17-9-4-2-1-3-5-9/h1-7H,(H,17,20). The molecule has 2 aromatic carbocycles. The summed E-state index contributed by atoms with van der Waals surface area (Å²) in [5.41, 5.74) is 9.32. The largest absolute Gasteiger partial charge is 0.322 e. The molecule has 0 aromatic heterocycles. The van der Waals surface area contributed by atoms with Gasteiger partial charge in [-0.3, -0.25) is 4.79 Å². The molecular formula is C13H8Cl2N4O. The summed E-state index contributed by atoms with van der Waals surface area (Å²) in [6, 6.07) is 11.7. The Hall–Kier alpha value is -2.20. The number of hydrogen-bond donors (Lipinski definition) is 1. The van der Waals surface area contributed by atoms with Gasteiger partial charge in [0, 0.05) is 15.6 Å². The zero-order chi connectivity index (χ0) is 14.5. The fourth-order valence-corrected chi connectivity index (χ4v) is 2.14. The van der Waals surface area contributed by atoms with E-state index in [2.05, 4.69) is 15.3 Å². The number of rotatable bonds is 3. The van der Waals surface area contributed by atoms with Gasteiger partial charge in [0.15, 0.2) is 0 Å². The second-order valence-corrected chi connectivity index (χ2v) is 4.64. The Labute approximate surface area is 124 Å². The van der Waals surface area contributed by atoms with Crippen LogP contribution in [-0.2, 0) is 0 Å². The highest BCUT2D eigenvalue weighted by molar-refractivity contribution is 6.37. The van der Waals surface area contributed by atoms with Gasteiger partial charge in [-0.2, -0.15) is 0 Å². The normalized spacial score (nSPS) is 9.70. The van der Waals surface area contributed by atoms with Crippen molar-refractivity contribution >= 4 is 40.5 Å². The second kappa shape index (κ2) is 6.30. The Morgan fingerprint density at radius 2 is 1.90 bits per heavy atom. The maximum Gasteiger partial charge on any atom is 0.256 e. The van der Waals surface area contributed by atoms with Crippen molar-refractivity contribution in [1.82, 2.24) is 0 Å². The van der Waals surface area contributed by atoms with Gasteiger partial charge in [-0.1, -0.05) is 46.5 Å². The number of nitrogens with one attached hydrogen (secondary N) is 1. The molecule has 20 heavy (non-hydrogen) atoms. The first-order chi connectivity index (χ1) is 9.61. The van der Waals surface area contributed by atoms with Gasteiger partial charge in [0.2, 0.25) is 0 Å². The molecule has 0 aliphatic rings. The molecule has 0 spiro atoms. The molecule has 2 aromatic rings. The predicted molar refractivity (Wildman–Crippen MR) is 79.7 cm³/mol. The minimum absolute atomic E-state index is 0.0481. The maximum absolute atomic E-state index is 12.2. The second-order valence-electron chi connectivity index (χ2n) is 3.79. The van der Waals surface area contributed by atoms with Crippen LogP contribution < -0.4 is 5.32 Å². The summed E-state index contributed by atoms with van der Waals surface area (Å²) in [6.45, 7) is 0. The Morgan fingerprint density at radius 3 is 2.55 bits per heavy atom. The molecule has 100 valence electrons. The maximum atomic E-state index is 12.2. The van der Waals surface area contributed by atoms with E-state index < -0.39 is 5.91 Å². The van der Waals surface area contributed by atoms with Crippen molar-refractivity contribution in [3.05, 3.63) is 68.5 Å². The molecule has 0 aliphatic carbocycles. The molecule has 0 fully saturated rings. The topological polar surface area (TPSA) is 77.9 Å². The molecular weight excluding hydrogens is 299 g/mol. The Morgan fingerprint density at radius 1 is 1.20 bits per heavy atom. The molecule has 1 amide bonds. The fourth-order valence-electron chi connectivity index (χ4n) is 1.61. The van der Waals surface area contributed by atoms with Gasteiger partial charge in [-0.05, 0) is 29.8 Å². The summed E-state index contributed by atoms with van der Waals surface area (Å²) in [5, 5.41) is 6.51. The first-order valence-corrected chi connectivity index (χ1v) is 6.28. The average molecular weight is 307 g/mol. The highest BCUT2D eigenvalue weighted by atomic mass is 35.5. The zero-order valence-electron chi connectivity index (χ0n) is 10.0. The first kappa shape index (κ1) is 14.2. The van der Waals surface area contributed by atoms with Crippen molar-refractivity contribution in [3.8, 4) is 0 Å². The van der Waals surface area contributed by atoms with Gasteiger partial charge in [-0.25, -0.2) is 0 Å². The van der Waals surface area contributed by atoms with Gasteiger partial charge < -0.3 is 5.32 Å². The molecule has 0 heterocycles. The van der Waals surface area contributed by atoms with Crippen LogP contribution in [0, 0.1) is 0 Å². The molecule has 0 bridgehead atoms. The lowest BCUT2D eigenvalue weighted by Gasteiger charge is -2.09. The summed E-state index contributed by atoms with van der Waals surface area (Å²) >= 11 is 11.8. The van der Waals surface area contributed by atoms with Crippen molar-refractivity contribution < 1.29 is 4.79 Å². The van der Waals surface area contributed by atoms with Gasteiger partial charge >= 0.3 is 0 Å².